The summed E-state index contributed by atoms with van der Waals surface area (Å²) in [5.74, 6) is -0.216. The molecular formula is C15H19BrFN3. The zero-order valence-corrected chi connectivity index (χ0v) is 13.5. The maximum absolute atomic E-state index is 13.5. The second-order valence-corrected chi connectivity index (χ2v) is 6.44. The van der Waals surface area contributed by atoms with Gasteiger partial charge in [-0.05, 0) is 41.4 Å². The zero-order valence-electron chi connectivity index (χ0n) is 11.9. The van der Waals surface area contributed by atoms with Crippen molar-refractivity contribution in [3.63, 3.8) is 0 Å². The number of benzene rings is 1. The van der Waals surface area contributed by atoms with E-state index >= 15 is 0 Å². The lowest BCUT2D eigenvalue weighted by molar-refractivity contribution is 0.0762. The maximum Gasteiger partial charge on any atom is 0.137 e. The summed E-state index contributed by atoms with van der Waals surface area (Å²) in [6.07, 6.45) is 0. The summed E-state index contributed by atoms with van der Waals surface area (Å²) in [6, 6.07) is 7.49. The SMILES string of the molecule is CC(C)(C#N)N1CCN(Cc2cccc(F)c2Br)CC1. The topological polar surface area (TPSA) is 30.3 Å². The average molecular weight is 340 g/mol. The van der Waals surface area contributed by atoms with Crippen LogP contribution in [0, 0.1) is 17.1 Å². The molecule has 0 radical (unpaired) electrons. The Balaban J connectivity index is 1.95. The summed E-state index contributed by atoms with van der Waals surface area (Å²) in [4.78, 5) is 4.49. The molecule has 5 heteroatoms. The van der Waals surface area contributed by atoms with Crippen molar-refractivity contribution >= 4 is 15.9 Å². The predicted molar refractivity (Wildman–Crippen MR) is 80.6 cm³/mol. The van der Waals surface area contributed by atoms with Crippen LogP contribution < -0.4 is 0 Å². The van der Waals surface area contributed by atoms with Crippen molar-refractivity contribution in [3.8, 4) is 6.07 Å². The summed E-state index contributed by atoms with van der Waals surface area (Å²) >= 11 is 3.31. The Morgan fingerprint density at radius 1 is 1.30 bits per heavy atom. The van der Waals surface area contributed by atoms with E-state index in [1.165, 1.54) is 6.07 Å². The molecule has 0 spiro atoms. The number of hydrogen-bond donors (Lipinski definition) is 0. The van der Waals surface area contributed by atoms with Crippen LogP contribution in [0.25, 0.3) is 0 Å². The first-order chi connectivity index (χ1) is 9.44. The third kappa shape index (κ3) is 3.38. The highest BCUT2D eigenvalue weighted by Crippen LogP contribution is 2.23. The Morgan fingerprint density at radius 3 is 2.55 bits per heavy atom. The molecule has 0 saturated carbocycles. The number of piperazine rings is 1. The number of nitriles is 1. The molecule has 3 nitrogen and oxygen atoms in total. The number of nitrogens with zero attached hydrogens (tertiary/aromatic N) is 3. The Morgan fingerprint density at radius 2 is 1.95 bits per heavy atom. The van der Waals surface area contributed by atoms with Gasteiger partial charge in [-0.25, -0.2) is 4.39 Å². The molecule has 0 atom stereocenters. The minimum atomic E-state index is -0.411. The Kier molecular flexibility index (Phi) is 4.79. The molecule has 2 rings (SSSR count). The third-order valence-electron chi connectivity index (χ3n) is 3.86. The first-order valence-electron chi connectivity index (χ1n) is 6.75. The lowest BCUT2D eigenvalue weighted by atomic mass is 10.0. The molecule has 0 bridgehead atoms. The summed E-state index contributed by atoms with van der Waals surface area (Å²) in [6.45, 7) is 8.17. The van der Waals surface area contributed by atoms with Crippen molar-refractivity contribution in [3.05, 3.63) is 34.1 Å². The van der Waals surface area contributed by atoms with E-state index in [0.29, 0.717) is 4.47 Å². The highest BCUT2D eigenvalue weighted by molar-refractivity contribution is 9.10. The molecule has 108 valence electrons. The fourth-order valence-electron chi connectivity index (χ4n) is 2.45. The Labute approximate surface area is 128 Å². The molecule has 1 aliphatic rings. The first-order valence-corrected chi connectivity index (χ1v) is 7.55. The summed E-state index contributed by atoms with van der Waals surface area (Å²) in [5, 5.41) is 9.16. The molecule has 20 heavy (non-hydrogen) atoms. The van der Waals surface area contributed by atoms with Crippen LogP contribution in [0.3, 0.4) is 0 Å². The van der Waals surface area contributed by atoms with Crippen LogP contribution in [-0.2, 0) is 6.54 Å². The highest BCUT2D eigenvalue weighted by Gasteiger charge is 2.29. The molecule has 1 aliphatic heterocycles. The van der Waals surface area contributed by atoms with Gasteiger partial charge < -0.3 is 0 Å². The van der Waals surface area contributed by atoms with E-state index in [0.717, 1.165) is 38.3 Å². The summed E-state index contributed by atoms with van der Waals surface area (Å²) < 4.78 is 14.0. The van der Waals surface area contributed by atoms with Gasteiger partial charge in [0.05, 0.1) is 10.5 Å². The monoisotopic (exact) mass is 339 g/mol. The van der Waals surface area contributed by atoms with Crippen molar-refractivity contribution in [2.24, 2.45) is 0 Å². The van der Waals surface area contributed by atoms with Gasteiger partial charge in [-0.2, -0.15) is 5.26 Å². The smallest absolute Gasteiger partial charge is 0.137 e. The molecule has 1 fully saturated rings. The van der Waals surface area contributed by atoms with Crippen molar-refractivity contribution in [2.75, 3.05) is 26.2 Å². The van der Waals surface area contributed by atoms with Crippen LogP contribution in [0.5, 0.6) is 0 Å². The predicted octanol–water partition coefficient (Wildman–Crippen LogP) is 3.01. The number of hydrogen-bond acceptors (Lipinski definition) is 3. The van der Waals surface area contributed by atoms with E-state index in [-0.39, 0.29) is 5.82 Å². The van der Waals surface area contributed by atoms with E-state index < -0.39 is 5.54 Å². The van der Waals surface area contributed by atoms with Gasteiger partial charge in [0.2, 0.25) is 0 Å². The van der Waals surface area contributed by atoms with E-state index in [4.69, 9.17) is 5.26 Å². The third-order valence-corrected chi connectivity index (χ3v) is 4.75. The summed E-state index contributed by atoms with van der Waals surface area (Å²) in [7, 11) is 0. The van der Waals surface area contributed by atoms with Crippen LogP contribution >= 0.6 is 15.9 Å². The minimum Gasteiger partial charge on any atom is -0.296 e. The Hall–Kier alpha value is -0.960. The molecule has 0 aromatic heterocycles. The van der Waals surface area contributed by atoms with Crippen molar-refractivity contribution in [2.45, 2.75) is 25.9 Å². The van der Waals surface area contributed by atoms with Gasteiger partial charge in [0.25, 0.3) is 0 Å². The van der Waals surface area contributed by atoms with Gasteiger partial charge in [0.1, 0.15) is 11.4 Å². The molecule has 1 saturated heterocycles. The quantitative estimate of drug-likeness (QED) is 0.847. The van der Waals surface area contributed by atoms with E-state index in [9.17, 15) is 4.39 Å². The second-order valence-electron chi connectivity index (χ2n) is 5.65. The fourth-order valence-corrected chi connectivity index (χ4v) is 2.84. The minimum absolute atomic E-state index is 0.216. The van der Waals surface area contributed by atoms with Crippen LogP contribution in [0.15, 0.2) is 22.7 Å². The van der Waals surface area contributed by atoms with Crippen molar-refractivity contribution in [1.82, 2.24) is 9.80 Å². The van der Waals surface area contributed by atoms with E-state index in [1.54, 1.807) is 6.07 Å². The average Bonchev–Trinajstić information content (AvgIpc) is 2.44. The largest absolute Gasteiger partial charge is 0.296 e. The van der Waals surface area contributed by atoms with Crippen LogP contribution in [0.2, 0.25) is 0 Å². The van der Waals surface area contributed by atoms with E-state index in [2.05, 4.69) is 31.8 Å². The van der Waals surface area contributed by atoms with Crippen molar-refractivity contribution in [1.29, 1.82) is 5.26 Å². The second kappa shape index (κ2) is 6.21. The van der Waals surface area contributed by atoms with E-state index in [1.807, 2.05) is 19.9 Å². The zero-order chi connectivity index (χ0) is 14.8. The van der Waals surface area contributed by atoms with Crippen LogP contribution in [0.4, 0.5) is 4.39 Å². The molecule has 1 heterocycles. The highest BCUT2D eigenvalue weighted by atomic mass is 79.9. The lowest BCUT2D eigenvalue weighted by Gasteiger charge is -2.40. The van der Waals surface area contributed by atoms with Crippen LogP contribution in [-0.4, -0.2) is 41.5 Å². The first kappa shape index (κ1) is 15.4. The molecule has 0 N–H and O–H groups in total. The fraction of sp³-hybridized carbons (Fsp3) is 0.533. The van der Waals surface area contributed by atoms with Crippen LogP contribution in [0.1, 0.15) is 19.4 Å². The number of rotatable bonds is 3. The summed E-state index contributed by atoms with van der Waals surface area (Å²) in [5.41, 5.74) is 0.559. The van der Waals surface area contributed by atoms with Gasteiger partial charge >= 0.3 is 0 Å². The van der Waals surface area contributed by atoms with Gasteiger partial charge in [-0.1, -0.05) is 12.1 Å². The standard InChI is InChI=1S/C15H19BrFN3/c1-15(2,11-18)20-8-6-19(7-9-20)10-12-4-3-5-13(17)14(12)16/h3-5H,6-10H2,1-2H3. The lowest BCUT2D eigenvalue weighted by Crippen LogP contribution is -2.53. The molecule has 1 aromatic carbocycles. The Bertz CT molecular complexity index is 516. The van der Waals surface area contributed by atoms with Gasteiger partial charge in [0, 0.05) is 32.7 Å². The number of halogens is 2. The molecule has 1 aromatic rings. The normalized spacial score (nSPS) is 17.9. The molecule has 0 aliphatic carbocycles. The van der Waals surface area contributed by atoms with Crippen molar-refractivity contribution < 1.29 is 4.39 Å². The van der Waals surface area contributed by atoms with Gasteiger partial charge in [-0.3, -0.25) is 9.80 Å². The van der Waals surface area contributed by atoms with Gasteiger partial charge in [-0.15, -0.1) is 0 Å². The molecule has 0 unspecified atom stereocenters. The molecule has 0 amide bonds. The van der Waals surface area contributed by atoms with Gasteiger partial charge in [0.15, 0.2) is 0 Å². The maximum atomic E-state index is 13.5. The molecular weight excluding hydrogens is 321 g/mol.